The molecule has 1 N–H and O–H groups in total. The molecule has 0 atom stereocenters. The van der Waals surface area contributed by atoms with E-state index < -0.39 is 6.61 Å². The van der Waals surface area contributed by atoms with Crippen LogP contribution in [0.4, 0.5) is 14.7 Å². The molecule has 0 spiro atoms. The molecule has 1 aromatic carbocycles. The van der Waals surface area contributed by atoms with Crippen LogP contribution in [0, 0.1) is 5.92 Å². The Bertz CT molecular complexity index is 653. The van der Waals surface area contributed by atoms with Crippen LogP contribution in [0.2, 0.25) is 0 Å². The van der Waals surface area contributed by atoms with E-state index in [1.54, 1.807) is 24.5 Å². The van der Waals surface area contributed by atoms with Gasteiger partial charge in [0, 0.05) is 24.0 Å². The van der Waals surface area contributed by atoms with Gasteiger partial charge in [0.15, 0.2) is 0 Å². The summed E-state index contributed by atoms with van der Waals surface area (Å²) in [5.74, 6) is 1.64. The number of ether oxygens (including phenoxy) is 1. The van der Waals surface area contributed by atoms with E-state index in [9.17, 15) is 8.78 Å². The van der Waals surface area contributed by atoms with Gasteiger partial charge in [-0.1, -0.05) is 25.5 Å². The molecule has 1 saturated carbocycles. The third-order valence-corrected chi connectivity index (χ3v) is 4.82. The third-order valence-electron chi connectivity index (χ3n) is 4.82. The van der Waals surface area contributed by atoms with Gasteiger partial charge in [0.05, 0.1) is 0 Å². The Hall–Kier alpha value is -2.24. The summed E-state index contributed by atoms with van der Waals surface area (Å²) in [7, 11) is 0. The fourth-order valence-corrected chi connectivity index (χ4v) is 3.28. The molecule has 0 saturated heterocycles. The standard InChI is InChI=1S/C19H23F2N3O/c1-2-13-3-7-16(8-4-13)24-19-22-11-15(12-23-19)14-5-9-17(10-6-14)25-18(20)21/h5-6,9-13,16,18H,2-4,7-8H2,1H3,(H,22,23,24)/t13-,16-. The van der Waals surface area contributed by atoms with E-state index in [0.717, 1.165) is 29.9 Å². The van der Waals surface area contributed by atoms with Crippen molar-refractivity contribution in [2.24, 2.45) is 5.92 Å². The highest BCUT2D eigenvalue weighted by molar-refractivity contribution is 5.62. The Kier molecular flexibility index (Phi) is 5.79. The molecule has 1 fully saturated rings. The van der Waals surface area contributed by atoms with Crippen LogP contribution in [0.25, 0.3) is 11.1 Å². The van der Waals surface area contributed by atoms with Crippen molar-refractivity contribution in [1.82, 2.24) is 9.97 Å². The second-order valence-corrected chi connectivity index (χ2v) is 6.47. The van der Waals surface area contributed by atoms with Crippen molar-refractivity contribution in [3.63, 3.8) is 0 Å². The van der Waals surface area contributed by atoms with Gasteiger partial charge in [-0.2, -0.15) is 8.78 Å². The first-order chi connectivity index (χ1) is 12.1. The summed E-state index contributed by atoms with van der Waals surface area (Å²) >= 11 is 0. The fraction of sp³-hybridized carbons (Fsp3) is 0.474. The highest BCUT2D eigenvalue weighted by Crippen LogP contribution is 2.28. The van der Waals surface area contributed by atoms with Crippen LogP contribution in [0.15, 0.2) is 36.7 Å². The van der Waals surface area contributed by atoms with Gasteiger partial charge >= 0.3 is 6.61 Å². The van der Waals surface area contributed by atoms with Crippen LogP contribution in [-0.2, 0) is 0 Å². The lowest BCUT2D eigenvalue weighted by molar-refractivity contribution is -0.0498. The van der Waals surface area contributed by atoms with E-state index in [0.29, 0.717) is 12.0 Å². The molecule has 0 unspecified atom stereocenters. The van der Waals surface area contributed by atoms with Crippen molar-refractivity contribution in [3.05, 3.63) is 36.7 Å². The van der Waals surface area contributed by atoms with Gasteiger partial charge in [-0.3, -0.25) is 0 Å². The predicted molar refractivity (Wildman–Crippen MR) is 93.8 cm³/mol. The first-order valence-corrected chi connectivity index (χ1v) is 8.78. The maximum Gasteiger partial charge on any atom is 0.387 e. The summed E-state index contributed by atoms with van der Waals surface area (Å²) in [4.78, 5) is 8.77. The molecule has 4 nitrogen and oxygen atoms in total. The molecule has 3 rings (SSSR count). The Labute approximate surface area is 146 Å². The number of nitrogens with zero attached hydrogens (tertiary/aromatic N) is 2. The maximum absolute atomic E-state index is 12.2. The van der Waals surface area contributed by atoms with Crippen LogP contribution in [0.1, 0.15) is 39.0 Å². The largest absolute Gasteiger partial charge is 0.435 e. The lowest BCUT2D eigenvalue weighted by atomic mass is 9.85. The van der Waals surface area contributed by atoms with Gasteiger partial charge in [-0.25, -0.2) is 9.97 Å². The van der Waals surface area contributed by atoms with Gasteiger partial charge in [0.1, 0.15) is 5.75 Å². The van der Waals surface area contributed by atoms with Gasteiger partial charge in [-0.15, -0.1) is 0 Å². The fourth-order valence-electron chi connectivity index (χ4n) is 3.28. The van der Waals surface area contributed by atoms with E-state index in [4.69, 9.17) is 0 Å². The van der Waals surface area contributed by atoms with Gasteiger partial charge < -0.3 is 10.1 Å². The Balaban J connectivity index is 1.58. The molecule has 6 heteroatoms. The van der Waals surface area contributed by atoms with Gasteiger partial charge in [0.2, 0.25) is 5.95 Å². The zero-order valence-corrected chi connectivity index (χ0v) is 14.3. The highest BCUT2D eigenvalue weighted by atomic mass is 19.3. The second-order valence-electron chi connectivity index (χ2n) is 6.47. The zero-order valence-electron chi connectivity index (χ0n) is 14.3. The lowest BCUT2D eigenvalue weighted by Gasteiger charge is -2.28. The second kappa shape index (κ2) is 8.23. The van der Waals surface area contributed by atoms with Crippen LogP contribution >= 0.6 is 0 Å². The van der Waals surface area contributed by atoms with E-state index in [1.807, 2.05) is 0 Å². The van der Waals surface area contributed by atoms with Crippen molar-refractivity contribution in [3.8, 4) is 16.9 Å². The maximum atomic E-state index is 12.2. The first-order valence-electron chi connectivity index (χ1n) is 8.78. The molecule has 134 valence electrons. The highest BCUT2D eigenvalue weighted by Gasteiger charge is 2.20. The lowest BCUT2D eigenvalue weighted by Crippen LogP contribution is -2.26. The first kappa shape index (κ1) is 17.6. The SMILES string of the molecule is CC[C@H]1CC[C@H](Nc2ncc(-c3ccc(OC(F)F)cc3)cn2)CC1. The monoisotopic (exact) mass is 347 g/mol. The molecule has 0 radical (unpaired) electrons. The number of rotatable bonds is 6. The molecule has 0 bridgehead atoms. The molecule has 0 amide bonds. The minimum Gasteiger partial charge on any atom is -0.435 e. The summed E-state index contributed by atoms with van der Waals surface area (Å²) in [6, 6.07) is 6.91. The molecule has 2 aromatic rings. The van der Waals surface area contributed by atoms with Gasteiger partial charge in [-0.05, 0) is 49.3 Å². The average molecular weight is 347 g/mol. The number of aromatic nitrogens is 2. The quantitative estimate of drug-likeness (QED) is 0.787. The van der Waals surface area contributed by atoms with Crippen LogP contribution < -0.4 is 10.1 Å². The number of hydrogen-bond donors (Lipinski definition) is 1. The van der Waals surface area contributed by atoms with Crippen molar-refractivity contribution in [2.75, 3.05) is 5.32 Å². The number of alkyl halides is 2. The summed E-state index contributed by atoms with van der Waals surface area (Å²) in [5.41, 5.74) is 1.69. The summed E-state index contributed by atoms with van der Waals surface area (Å²) < 4.78 is 28.7. The third kappa shape index (κ3) is 4.87. The van der Waals surface area contributed by atoms with E-state index in [-0.39, 0.29) is 5.75 Å². The summed E-state index contributed by atoms with van der Waals surface area (Å²) in [5, 5.41) is 3.41. The topological polar surface area (TPSA) is 47.0 Å². The van der Waals surface area contributed by atoms with Crippen molar-refractivity contribution >= 4 is 5.95 Å². The number of hydrogen-bond acceptors (Lipinski definition) is 4. The molecule has 1 aliphatic rings. The minimum atomic E-state index is -2.81. The van der Waals surface area contributed by atoms with E-state index in [2.05, 4.69) is 26.9 Å². The number of benzene rings is 1. The molecule has 25 heavy (non-hydrogen) atoms. The zero-order chi connectivity index (χ0) is 17.6. The average Bonchev–Trinajstić information content (AvgIpc) is 2.63. The van der Waals surface area contributed by atoms with E-state index >= 15 is 0 Å². The van der Waals surface area contributed by atoms with Crippen molar-refractivity contribution in [2.45, 2.75) is 51.7 Å². The Morgan fingerprint density at radius 3 is 2.24 bits per heavy atom. The molecule has 1 heterocycles. The predicted octanol–water partition coefficient (Wildman–Crippen LogP) is 5.13. The smallest absolute Gasteiger partial charge is 0.387 e. The minimum absolute atomic E-state index is 0.139. The summed E-state index contributed by atoms with van der Waals surface area (Å²) in [6.45, 7) is -0.557. The van der Waals surface area contributed by atoms with Crippen LogP contribution in [0.3, 0.4) is 0 Å². The summed E-state index contributed by atoms with van der Waals surface area (Å²) in [6.07, 6.45) is 9.61. The Morgan fingerprint density at radius 2 is 1.68 bits per heavy atom. The van der Waals surface area contributed by atoms with Crippen molar-refractivity contribution < 1.29 is 13.5 Å². The van der Waals surface area contributed by atoms with E-state index in [1.165, 1.54) is 31.4 Å². The molecule has 0 aliphatic heterocycles. The normalized spacial score (nSPS) is 20.5. The number of halogens is 2. The Morgan fingerprint density at radius 1 is 1.04 bits per heavy atom. The van der Waals surface area contributed by atoms with Gasteiger partial charge in [0.25, 0.3) is 0 Å². The molecule has 1 aliphatic carbocycles. The van der Waals surface area contributed by atoms with Crippen molar-refractivity contribution in [1.29, 1.82) is 0 Å². The van der Waals surface area contributed by atoms with Crippen LogP contribution in [0.5, 0.6) is 5.75 Å². The number of nitrogens with one attached hydrogen (secondary N) is 1. The molecular formula is C19H23F2N3O. The number of anilines is 1. The molecule has 1 aromatic heterocycles. The van der Waals surface area contributed by atoms with Crippen LogP contribution in [-0.4, -0.2) is 22.6 Å². The molecular weight excluding hydrogens is 324 g/mol.